The first-order valence-corrected chi connectivity index (χ1v) is 7.77. The number of hydrogen-bond donors (Lipinski definition) is 0. The summed E-state index contributed by atoms with van der Waals surface area (Å²) in [7, 11) is 8.21. The molecule has 1 fully saturated rings. The van der Waals surface area contributed by atoms with Crippen LogP contribution >= 0.6 is 0 Å². The number of aliphatic imine (C=N–C) groups is 1. The molecule has 0 amide bonds. The predicted octanol–water partition coefficient (Wildman–Crippen LogP) is 2.22. The number of piperidine rings is 1. The molecule has 4 heteroatoms. The van der Waals surface area contributed by atoms with Gasteiger partial charge in [-0.1, -0.05) is 13.8 Å². The molecule has 0 aromatic heterocycles. The van der Waals surface area contributed by atoms with Gasteiger partial charge in [0.05, 0.1) is 6.54 Å². The average Bonchev–Trinajstić information content (AvgIpc) is 2.26. The molecule has 20 heavy (non-hydrogen) atoms. The van der Waals surface area contributed by atoms with E-state index in [2.05, 4.69) is 70.6 Å². The average molecular weight is 282 g/mol. The van der Waals surface area contributed by atoms with Crippen LogP contribution in [-0.4, -0.2) is 74.0 Å². The van der Waals surface area contributed by atoms with Gasteiger partial charge in [-0.25, -0.2) is 0 Å². The first kappa shape index (κ1) is 17.3. The first-order chi connectivity index (χ1) is 9.13. The van der Waals surface area contributed by atoms with Gasteiger partial charge in [-0.2, -0.15) is 0 Å². The molecule has 118 valence electrons. The molecule has 4 nitrogen and oxygen atoms in total. The minimum atomic E-state index is 0.125. The van der Waals surface area contributed by atoms with Crippen molar-refractivity contribution < 1.29 is 0 Å². The summed E-state index contributed by atoms with van der Waals surface area (Å²) >= 11 is 0. The van der Waals surface area contributed by atoms with Crippen LogP contribution in [0.15, 0.2) is 4.99 Å². The van der Waals surface area contributed by atoms with E-state index in [1.807, 2.05) is 0 Å². The van der Waals surface area contributed by atoms with Gasteiger partial charge < -0.3 is 9.80 Å². The SMILES string of the molecule is CC1CC(C)CN(C(C)(C)CN=C(N(C)C)N(C)C)C1. The maximum Gasteiger partial charge on any atom is 0.195 e. The molecule has 1 saturated heterocycles. The summed E-state index contributed by atoms with van der Waals surface area (Å²) in [6.45, 7) is 12.6. The van der Waals surface area contributed by atoms with Crippen LogP contribution in [0.3, 0.4) is 0 Å². The summed E-state index contributed by atoms with van der Waals surface area (Å²) in [6, 6.07) is 0. The number of nitrogens with zero attached hydrogens (tertiary/aromatic N) is 4. The molecule has 0 saturated carbocycles. The maximum atomic E-state index is 4.85. The van der Waals surface area contributed by atoms with Gasteiger partial charge in [-0.05, 0) is 32.1 Å². The molecule has 1 heterocycles. The number of likely N-dealkylation sites (tertiary alicyclic amines) is 1. The summed E-state index contributed by atoms with van der Waals surface area (Å²) in [4.78, 5) is 11.6. The molecular formula is C16H34N4. The second-order valence-electron chi connectivity index (χ2n) is 7.57. The second-order valence-corrected chi connectivity index (χ2v) is 7.57. The normalized spacial score (nSPS) is 24.4. The molecule has 1 rings (SSSR count). The zero-order valence-corrected chi connectivity index (χ0v) is 14.8. The monoisotopic (exact) mass is 282 g/mol. The Morgan fingerprint density at radius 2 is 1.50 bits per heavy atom. The van der Waals surface area contributed by atoms with E-state index in [9.17, 15) is 0 Å². The lowest BCUT2D eigenvalue weighted by atomic mass is 9.88. The minimum absolute atomic E-state index is 0.125. The van der Waals surface area contributed by atoms with E-state index in [0.717, 1.165) is 24.3 Å². The van der Waals surface area contributed by atoms with Crippen molar-refractivity contribution in [1.29, 1.82) is 0 Å². The second kappa shape index (κ2) is 6.79. The van der Waals surface area contributed by atoms with E-state index in [4.69, 9.17) is 4.99 Å². The fraction of sp³-hybridized carbons (Fsp3) is 0.938. The third-order valence-corrected chi connectivity index (χ3v) is 4.13. The van der Waals surface area contributed by atoms with E-state index in [0.29, 0.717) is 0 Å². The van der Waals surface area contributed by atoms with Crippen molar-refractivity contribution in [3.8, 4) is 0 Å². The van der Waals surface area contributed by atoms with Gasteiger partial charge in [0.1, 0.15) is 0 Å². The van der Waals surface area contributed by atoms with Crippen LogP contribution in [0.1, 0.15) is 34.1 Å². The molecule has 1 aliphatic heterocycles. The number of rotatable bonds is 3. The largest absolute Gasteiger partial charge is 0.349 e. The Labute approximate surface area is 125 Å². The first-order valence-electron chi connectivity index (χ1n) is 7.77. The summed E-state index contributed by atoms with van der Waals surface area (Å²) in [5, 5.41) is 0. The topological polar surface area (TPSA) is 22.1 Å². The van der Waals surface area contributed by atoms with Gasteiger partial charge in [0.25, 0.3) is 0 Å². The maximum absolute atomic E-state index is 4.85. The minimum Gasteiger partial charge on any atom is -0.349 e. The molecule has 0 aromatic rings. The predicted molar refractivity (Wildman–Crippen MR) is 88.3 cm³/mol. The molecule has 0 spiro atoms. The quantitative estimate of drug-likeness (QED) is 0.585. The van der Waals surface area contributed by atoms with Crippen molar-refractivity contribution in [2.24, 2.45) is 16.8 Å². The van der Waals surface area contributed by atoms with Crippen molar-refractivity contribution in [3.05, 3.63) is 0 Å². The summed E-state index contributed by atoms with van der Waals surface area (Å²) < 4.78 is 0. The highest BCUT2D eigenvalue weighted by atomic mass is 15.3. The molecule has 0 aliphatic carbocycles. The smallest absolute Gasteiger partial charge is 0.195 e. The highest BCUT2D eigenvalue weighted by molar-refractivity contribution is 5.79. The fourth-order valence-electron chi connectivity index (χ4n) is 3.20. The van der Waals surface area contributed by atoms with Gasteiger partial charge in [0.2, 0.25) is 0 Å². The van der Waals surface area contributed by atoms with Crippen LogP contribution in [0, 0.1) is 11.8 Å². The van der Waals surface area contributed by atoms with Gasteiger partial charge in [0, 0.05) is 46.8 Å². The zero-order chi connectivity index (χ0) is 15.5. The zero-order valence-electron chi connectivity index (χ0n) is 14.8. The van der Waals surface area contributed by atoms with Crippen LogP contribution in [0.4, 0.5) is 0 Å². The van der Waals surface area contributed by atoms with Crippen molar-refractivity contribution in [1.82, 2.24) is 14.7 Å². The van der Waals surface area contributed by atoms with E-state index >= 15 is 0 Å². The Morgan fingerprint density at radius 3 is 1.90 bits per heavy atom. The molecular weight excluding hydrogens is 248 g/mol. The molecule has 0 N–H and O–H groups in total. The van der Waals surface area contributed by atoms with E-state index in [1.165, 1.54) is 19.5 Å². The summed E-state index contributed by atoms with van der Waals surface area (Å²) in [5.41, 5.74) is 0.125. The van der Waals surface area contributed by atoms with Crippen LogP contribution in [0.2, 0.25) is 0 Å². The number of guanidine groups is 1. The highest BCUT2D eigenvalue weighted by Gasteiger charge is 2.32. The van der Waals surface area contributed by atoms with Crippen LogP contribution in [0.5, 0.6) is 0 Å². The molecule has 2 atom stereocenters. The van der Waals surface area contributed by atoms with Gasteiger partial charge in [0.15, 0.2) is 5.96 Å². The Hall–Kier alpha value is -0.770. The lowest BCUT2D eigenvalue weighted by Crippen LogP contribution is -2.53. The Kier molecular flexibility index (Phi) is 5.87. The van der Waals surface area contributed by atoms with Crippen molar-refractivity contribution in [3.63, 3.8) is 0 Å². The van der Waals surface area contributed by atoms with Crippen molar-refractivity contribution in [2.45, 2.75) is 39.7 Å². The van der Waals surface area contributed by atoms with Crippen LogP contribution in [0.25, 0.3) is 0 Å². The Morgan fingerprint density at radius 1 is 1.05 bits per heavy atom. The van der Waals surface area contributed by atoms with Gasteiger partial charge in [-0.3, -0.25) is 9.89 Å². The summed E-state index contributed by atoms with van der Waals surface area (Å²) in [6.07, 6.45) is 1.36. The van der Waals surface area contributed by atoms with E-state index in [-0.39, 0.29) is 5.54 Å². The number of hydrogen-bond acceptors (Lipinski definition) is 2. The Balaban J connectivity index is 2.75. The molecule has 0 bridgehead atoms. The third-order valence-electron chi connectivity index (χ3n) is 4.13. The third kappa shape index (κ3) is 4.65. The van der Waals surface area contributed by atoms with Gasteiger partial charge >= 0.3 is 0 Å². The molecule has 1 aliphatic rings. The fourth-order valence-corrected chi connectivity index (χ4v) is 3.20. The van der Waals surface area contributed by atoms with Crippen LogP contribution < -0.4 is 0 Å². The highest BCUT2D eigenvalue weighted by Crippen LogP contribution is 2.27. The van der Waals surface area contributed by atoms with E-state index < -0.39 is 0 Å². The van der Waals surface area contributed by atoms with Gasteiger partial charge in [-0.15, -0.1) is 0 Å². The molecule has 0 aromatic carbocycles. The Bertz CT molecular complexity index is 313. The molecule has 2 unspecified atom stereocenters. The van der Waals surface area contributed by atoms with E-state index in [1.54, 1.807) is 0 Å². The standard InChI is InChI=1S/C16H34N4/c1-13-9-14(2)11-20(10-13)16(3,4)12-17-15(18(5)6)19(7)8/h13-14H,9-12H2,1-8H3. The van der Waals surface area contributed by atoms with Crippen LogP contribution in [-0.2, 0) is 0 Å². The lowest BCUT2D eigenvalue weighted by Gasteiger charge is -2.44. The van der Waals surface area contributed by atoms with Crippen molar-refractivity contribution in [2.75, 3.05) is 47.8 Å². The molecule has 0 radical (unpaired) electrons. The summed E-state index contributed by atoms with van der Waals surface area (Å²) in [5.74, 6) is 2.63. The van der Waals surface area contributed by atoms with Crippen molar-refractivity contribution >= 4 is 5.96 Å². The lowest BCUT2D eigenvalue weighted by molar-refractivity contribution is 0.0510.